The van der Waals surface area contributed by atoms with Gasteiger partial charge in [0.25, 0.3) is 0 Å². The van der Waals surface area contributed by atoms with Gasteiger partial charge >= 0.3 is 0 Å². The highest BCUT2D eigenvalue weighted by Crippen LogP contribution is 2.52. The number of rotatable bonds is 2. The van der Waals surface area contributed by atoms with Gasteiger partial charge in [0, 0.05) is 11.1 Å². The zero-order chi connectivity index (χ0) is 21.2. The Labute approximate surface area is 187 Å². The Morgan fingerprint density at radius 1 is 1.10 bits per heavy atom. The molecule has 30 heavy (non-hydrogen) atoms. The highest BCUT2D eigenvalue weighted by Gasteiger charge is 2.50. The number of anilines is 1. The SMILES string of the molecule is CC1(C)c2ssc(=S)c2-c2ccccc2N1C(=O)CN1C(=O)[C@@H]2CCCC[C@H]2C1=O. The quantitative estimate of drug-likeness (QED) is 0.362. The summed E-state index contributed by atoms with van der Waals surface area (Å²) >= 11 is 5.59. The lowest BCUT2D eigenvalue weighted by atomic mass is 9.81. The summed E-state index contributed by atoms with van der Waals surface area (Å²) in [5.74, 6) is -1.06. The van der Waals surface area contributed by atoms with Crippen LogP contribution in [0.3, 0.4) is 0 Å². The second-order valence-corrected chi connectivity index (χ2v) is 11.5. The minimum atomic E-state index is -0.614. The van der Waals surface area contributed by atoms with E-state index >= 15 is 0 Å². The van der Waals surface area contributed by atoms with E-state index in [4.69, 9.17) is 12.2 Å². The molecule has 0 N–H and O–H groups in total. The van der Waals surface area contributed by atoms with Gasteiger partial charge in [0.2, 0.25) is 17.7 Å². The van der Waals surface area contributed by atoms with Gasteiger partial charge in [-0.05, 0) is 32.8 Å². The summed E-state index contributed by atoms with van der Waals surface area (Å²) in [7, 11) is 3.15. The van der Waals surface area contributed by atoms with Crippen LogP contribution in [-0.4, -0.2) is 29.2 Å². The lowest BCUT2D eigenvalue weighted by Crippen LogP contribution is -2.52. The van der Waals surface area contributed by atoms with Crippen LogP contribution in [0.5, 0.6) is 0 Å². The van der Waals surface area contributed by atoms with Crippen LogP contribution in [0.2, 0.25) is 0 Å². The zero-order valence-corrected chi connectivity index (χ0v) is 19.3. The maximum absolute atomic E-state index is 13.6. The topological polar surface area (TPSA) is 57.7 Å². The van der Waals surface area contributed by atoms with Crippen LogP contribution in [0.25, 0.3) is 11.1 Å². The van der Waals surface area contributed by atoms with Gasteiger partial charge in [-0.25, -0.2) is 0 Å². The van der Waals surface area contributed by atoms with Crippen molar-refractivity contribution >= 4 is 56.3 Å². The Hall–Kier alpha value is -1.90. The molecule has 2 fully saturated rings. The van der Waals surface area contributed by atoms with Crippen molar-refractivity contribution < 1.29 is 14.4 Å². The Morgan fingerprint density at radius 2 is 1.73 bits per heavy atom. The Morgan fingerprint density at radius 3 is 2.40 bits per heavy atom. The predicted molar refractivity (Wildman–Crippen MR) is 121 cm³/mol. The van der Waals surface area contributed by atoms with Gasteiger partial charge in [-0.2, -0.15) is 0 Å². The number of imide groups is 1. The number of benzene rings is 1. The fourth-order valence-corrected chi connectivity index (χ4v) is 8.50. The second-order valence-electron chi connectivity index (χ2n) is 8.72. The van der Waals surface area contributed by atoms with Crippen molar-refractivity contribution in [3.05, 3.63) is 33.0 Å². The van der Waals surface area contributed by atoms with Crippen LogP contribution in [0, 0.1) is 15.7 Å². The van der Waals surface area contributed by atoms with Gasteiger partial charge in [-0.15, -0.1) is 0 Å². The summed E-state index contributed by atoms with van der Waals surface area (Å²) in [4.78, 5) is 43.4. The van der Waals surface area contributed by atoms with Crippen LogP contribution < -0.4 is 4.90 Å². The van der Waals surface area contributed by atoms with Gasteiger partial charge < -0.3 is 0 Å². The minimum Gasteiger partial charge on any atom is -0.300 e. The largest absolute Gasteiger partial charge is 0.300 e. The van der Waals surface area contributed by atoms with E-state index < -0.39 is 5.54 Å². The molecule has 0 spiro atoms. The van der Waals surface area contributed by atoms with Crippen molar-refractivity contribution in [2.45, 2.75) is 45.1 Å². The van der Waals surface area contributed by atoms with E-state index in [1.165, 1.54) is 4.90 Å². The first-order chi connectivity index (χ1) is 14.3. The summed E-state index contributed by atoms with van der Waals surface area (Å²) < 4.78 is 0.830. The molecule has 3 heterocycles. The van der Waals surface area contributed by atoms with Crippen molar-refractivity contribution in [3.8, 4) is 11.1 Å². The number of hydrogen-bond donors (Lipinski definition) is 0. The summed E-state index contributed by atoms with van der Waals surface area (Å²) in [6, 6.07) is 7.75. The van der Waals surface area contributed by atoms with Crippen LogP contribution in [-0.2, 0) is 19.9 Å². The fourth-order valence-electron chi connectivity index (χ4n) is 5.22. The summed E-state index contributed by atoms with van der Waals surface area (Å²) in [5.41, 5.74) is 2.14. The first kappa shape index (κ1) is 20.0. The number of nitrogens with zero attached hydrogens (tertiary/aromatic N) is 2. The van der Waals surface area contributed by atoms with Gasteiger partial charge in [0.05, 0.1) is 27.9 Å². The molecule has 1 saturated carbocycles. The Balaban J connectivity index is 1.52. The number of carbonyl (C=O) groups is 3. The van der Waals surface area contributed by atoms with Gasteiger partial charge in [-0.1, -0.05) is 63.9 Å². The molecule has 2 aromatic rings. The number of para-hydroxylation sites is 1. The summed E-state index contributed by atoms with van der Waals surface area (Å²) in [5, 5.41) is 0. The smallest absolute Gasteiger partial charge is 0.247 e. The third-order valence-corrected chi connectivity index (χ3v) is 9.97. The summed E-state index contributed by atoms with van der Waals surface area (Å²) in [6.07, 6.45) is 3.44. The molecular weight excluding hydrogens is 436 g/mol. The van der Waals surface area contributed by atoms with E-state index in [-0.39, 0.29) is 36.1 Å². The van der Waals surface area contributed by atoms with Crippen LogP contribution in [0.15, 0.2) is 24.3 Å². The molecular formula is C22H22N2O3S3. The number of fused-ring (bicyclic) bond motifs is 4. The van der Waals surface area contributed by atoms with E-state index in [1.807, 2.05) is 38.1 Å². The number of hydrogen-bond acceptors (Lipinski definition) is 6. The van der Waals surface area contributed by atoms with Crippen LogP contribution in [0.1, 0.15) is 44.4 Å². The van der Waals surface area contributed by atoms with E-state index in [0.29, 0.717) is 0 Å². The molecule has 2 aliphatic heterocycles. The van der Waals surface area contributed by atoms with Gasteiger partial charge in [0.1, 0.15) is 10.4 Å². The molecule has 1 aliphatic carbocycles. The maximum Gasteiger partial charge on any atom is 0.247 e. The van der Waals surface area contributed by atoms with Crippen molar-refractivity contribution in [1.82, 2.24) is 4.90 Å². The average Bonchev–Trinajstić information content (AvgIpc) is 3.23. The molecule has 1 aromatic heterocycles. The third-order valence-electron chi connectivity index (χ3n) is 6.64. The normalized spacial score (nSPS) is 24.5. The molecule has 3 amide bonds. The molecule has 0 radical (unpaired) electrons. The van der Waals surface area contributed by atoms with Crippen LogP contribution >= 0.6 is 32.9 Å². The van der Waals surface area contributed by atoms with Crippen molar-refractivity contribution in [3.63, 3.8) is 0 Å². The Kier molecular flexibility index (Phi) is 4.72. The number of amides is 3. The predicted octanol–water partition coefficient (Wildman–Crippen LogP) is 4.96. The molecule has 1 aromatic carbocycles. The van der Waals surface area contributed by atoms with Gasteiger partial charge in [-0.3, -0.25) is 24.2 Å². The highest BCUT2D eigenvalue weighted by atomic mass is 32.9. The fraction of sp³-hybridized carbons (Fsp3) is 0.455. The molecule has 2 atom stereocenters. The third kappa shape index (κ3) is 2.77. The Bertz CT molecular complexity index is 1110. The monoisotopic (exact) mass is 458 g/mol. The zero-order valence-electron chi connectivity index (χ0n) is 16.8. The minimum absolute atomic E-state index is 0.173. The lowest BCUT2D eigenvalue weighted by Gasteiger charge is -2.43. The molecule has 3 aliphatic rings. The molecule has 8 heteroatoms. The molecule has 156 valence electrons. The van der Waals surface area contributed by atoms with Crippen molar-refractivity contribution in [2.75, 3.05) is 11.4 Å². The van der Waals surface area contributed by atoms with E-state index in [0.717, 1.165) is 51.2 Å². The van der Waals surface area contributed by atoms with Crippen molar-refractivity contribution in [2.24, 2.45) is 11.8 Å². The highest BCUT2D eigenvalue weighted by molar-refractivity contribution is 7.80. The first-order valence-corrected chi connectivity index (χ1v) is 12.8. The van der Waals surface area contributed by atoms with Gasteiger partial charge in [0.15, 0.2) is 0 Å². The average molecular weight is 459 g/mol. The van der Waals surface area contributed by atoms with E-state index in [9.17, 15) is 14.4 Å². The summed E-state index contributed by atoms with van der Waals surface area (Å²) in [6.45, 7) is 3.81. The molecule has 0 unspecified atom stereocenters. The number of likely N-dealkylation sites (tertiary alicyclic amines) is 1. The first-order valence-electron chi connectivity index (χ1n) is 10.2. The molecule has 0 bridgehead atoms. The van der Waals surface area contributed by atoms with Crippen LogP contribution in [0.4, 0.5) is 5.69 Å². The number of carbonyl (C=O) groups excluding carboxylic acids is 3. The second kappa shape index (κ2) is 7.07. The standard InChI is InChI=1S/C22H22N2O3S3/c1-22(2)18-17(21(28)30-29-18)14-9-5-6-10-15(14)24(22)16(25)11-23-19(26)12-7-3-4-8-13(12)20(23)27/h5-6,9-10,12-13H,3-4,7-8,11H2,1-2H3/t12-,13-/m1/s1. The van der Waals surface area contributed by atoms with E-state index in [1.54, 1.807) is 25.6 Å². The lowest BCUT2D eigenvalue weighted by molar-refractivity contribution is -0.143. The molecule has 1 saturated heterocycles. The maximum atomic E-state index is 13.6. The molecule has 5 nitrogen and oxygen atoms in total. The van der Waals surface area contributed by atoms with E-state index in [2.05, 4.69) is 0 Å². The molecule has 5 rings (SSSR count). The van der Waals surface area contributed by atoms with Crippen molar-refractivity contribution in [1.29, 1.82) is 0 Å².